The van der Waals surface area contributed by atoms with Crippen LogP contribution in [0.15, 0.2) is 9.81 Å². The second-order valence-corrected chi connectivity index (χ2v) is 5.63. The average molecular weight is 295 g/mol. The van der Waals surface area contributed by atoms with Gasteiger partial charge in [-0.05, 0) is 24.3 Å². The second-order valence-electron chi connectivity index (χ2n) is 2.66. The fourth-order valence-corrected chi connectivity index (χ4v) is 3.16. The van der Waals surface area contributed by atoms with E-state index in [-0.39, 0.29) is 0 Å². The zero-order chi connectivity index (χ0) is 12.2. The summed E-state index contributed by atoms with van der Waals surface area (Å²) >= 11 is 13.9. The molecular formula is C10H12Cl2N2S2. The van der Waals surface area contributed by atoms with E-state index in [1.807, 2.05) is 0 Å². The van der Waals surface area contributed by atoms with E-state index in [0.29, 0.717) is 21.6 Å². The number of thioether (sulfide) groups is 2. The Morgan fingerprint density at radius 3 is 1.50 bits per heavy atom. The summed E-state index contributed by atoms with van der Waals surface area (Å²) in [4.78, 5) is 0.986. The molecule has 0 spiro atoms. The smallest absolute Gasteiger partial charge is 0.109 e. The van der Waals surface area contributed by atoms with Crippen LogP contribution in [-0.4, -0.2) is 23.3 Å². The van der Waals surface area contributed by atoms with Crippen LogP contribution in [-0.2, 0) is 0 Å². The normalized spacial score (nSPS) is 11.5. The minimum atomic E-state index is 0.493. The first-order valence-corrected chi connectivity index (χ1v) is 7.76. The van der Waals surface area contributed by atoms with Gasteiger partial charge >= 0.3 is 0 Å². The molecule has 0 atom stereocenters. The molecule has 0 saturated heterocycles. The minimum absolute atomic E-state index is 0.493. The molecular weight excluding hydrogens is 283 g/mol. The lowest BCUT2D eigenvalue weighted by Gasteiger charge is -2.01. The Morgan fingerprint density at radius 2 is 1.25 bits per heavy atom. The lowest BCUT2D eigenvalue weighted by atomic mass is 10.5. The minimum Gasteiger partial charge on any atom is -0.192 e. The van der Waals surface area contributed by atoms with Gasteiger partial charge in [-0.15, -0.1) is 46.7 Å². The van der Waals surface area contributed by atoms with E-state index < -0.39 is 0 Å². The molecule has 0 aromatic heterocycles. The van der Waals surface area contributed by atoms with E-state index in [1.54, 1.807) is 0 Å². The largest absolute Gasteiger partial charge is 0.192 e. The summed E-state index contributed by atoms with van der Waals surface area (Å²) in [5, 5.41) is 17.9. The van der Waals surface area contributed by atoms with E-state index >= 15 is 0 Å². The predicted molar refractivity (Wildman–Crippen MR) is 73.8 cm³/mol. The molecule has 0 aromatic carbocycles. The molecule has 0 saturated carbocycles. The fourth-order valence-electron chi connectivity index (χ4n) is 0.755. The Balaban J connectivity index is 4.30. The Morgan fingerprint density at radius 1 is 0.875 bits per heavy atom. The lowest BCUT2D eigenvalue weighted by molar-refractivity contribution is 1.12. The van der Waals surface area contributed by atoms with Crippen LogP contribution >= 0.6 is 46.7 Å². The summed E-state index contributed by atoms with van der Waals surface area (Å²) in [5.74, 6) is 2.70. The van der Waals surface area contributed by atoms with Gasteiger partial charge in [-0.25, -0.2) is 0 Å². The predicted octanol–water partition coefficient (Wildman–Crippen LogP) is 3.97. The van der Waals surface area contributed by atoms with Gasteiger partial charge in [-0.3, -0.25) is 0 Å². The number of halogens is 2. The van der Waals surface area contributed by atoms with Crippen LogP contribution in [0.4, 0.5) is 0 Å². The molecule has 88 valence electrons. The topological polar surface area (TPSA) is 47.6 Å². The molecule has 0 aliphatic rings. The molecule has 0 radical (unpaired) electrons. The number of nitrogens with zero attached hydrogens (tertiary/aromatic N) is 2. The highest BCUT2D eigenvalue weighted by molar-refractivity contribution is 8.07. The van der Waals surface area contributed by atoms with Crippen LogP contribution in [0.5, 0.6) is 0 Å². The van der Waals surface area contributed by atoms with Gasteiger partial charge in [0.25, 0.3) is 0 Å². The molecule has 0 fully saturated rings. The van der Waals surface area contributed by atoms with Gasteiger partial charge in [0, 0.05) is 11.8 Å². The number of hydrogen-bond donors (Lipinski definition) is 0. The van der Waals surface area contributed by atoms with Crippen molar-refractivity contribution in [1.82, 2.24) is 0 Å². The summed E-state index contributed by atoms with van der Waals surface area (Å²) < 4.78 is 0. The third kappa shape index (κ3) is 7.30. The van der Waals surface area contributed by atoms with Crippen LogP contribution in [0.25, 0.3) is 0 Å². The molecule has 0 N–H and O–H groups in total. The van der Waals surface area contributed by atoms with Crippen molar-refractivity contribution in [2.24, 2.45) is 0 Å². The lowest BCUT2D eigenvalue weighted by Crippen LogP contribution is -1.87. The molecule has 0 bridgehead atoms. The molecule has 0 unspecified atom stereocenters. The summed E-state index contributed by atoms with van der Waals surface area (Å²) in [6.07, 6.45) is 1.67. The highest BCUT2D eigenvalue weighted by atomic mass is 35.5. The molecule has 0 rings (SSSR count). The van der Waals surface area contributed by atoms with Crippen molar-refractivity contribution >= 4 is 46.7 Å². The van der Waals surface area contributed by atoms with Gasteiger partial charge in [-0.1, -0.05) is 0 Å². The maximum atomic E-state index is 8.93. The second kappa shape index (κ2) is 11.5. The average Bonchev–Trinajstić information content (AvgIpc) is 2.31. The van der Waals surface area contributed by atoms with E-state index in [9.17, 15) is 0 Å². The van der Waals surface area contributed by atoms with Gasteiger partial charge in [-0.2, -0.15) is 10.5 Å². The van der Waals surface area contributed by atoms with Gasteiger partial charge in [0.15, 0.2) is 0 Å². The first kappa shape index (κ1) is 16.0. The monoisotopic (exact) mass is 294 g/mol. The van der Waals surface area contributed by atoms with E-state index in [4.69, 9.17) is 33.7 Å². The van der Waals surface area contributed by atoms with Gasteiger partial charge in [0.2, 0.25) is 0 Å². The zero-order valence-corrected chi connectivity index (χ0v) is 11.9. The Labute approximate surface area is 115 Å². The molecule has 2 nitrogen and oxygen atoms in total. The Kier molecular flexibility index (Phi) is 11.5. The highest BCUT2D eigenvalue weighted by Gasteiger charge is 2.07. The standard InChI is InChI=1S/C10H12Cl2N2S2/c11-3-1-5-15-9(7-13)10(8-14)16-6-2-4-12/h1-6H2. The van der Waals surface area contributed by atoms with Crippen LogP contribution in [0.2, 0.25) is 0 Å². The van der Waals surface area contributed by atoms with Gasteiger partial charge in [0.1, 0.15) is 21.9 Å². The third-order valence-corrected chi connectivity index (χ3v) is 4.28. The fraction of sp³-hybridized carbons (Fsp3) is 0.600. The summed E-state index contributed by atoms with van der Waals surface area (Å²) in [6, 6.07) is 4.12. The van der Waals surface area contributed by atoms with Gasteiger partial charge < -0.3 is 0 Å². The number of allylic oxidation sites excluding steroid dienone is 2. The van der Waals surface area contributed by atoms with Crippen molar-refractivity contribution in [1.29, 1.82) is 10.5 Å². The van der Waals surface area contributed by atoms with E-state index in [2.05, 4.69) is 12.1 Å². The Bertz CT molecular complexity index is 275. The number of rotatable bonds is 8. The van der Waals surface area contributed by atoms with Crippen LogP contribution < -0.4 is 0 Å². The summed E-state index contributed by atoms with van der Waals surface area (Å²) in [7, 11) is 0. The molecule has 0 aliphatic carbocycles. The van der Waals surface area contributed by atoms with Crippen molar-refractivity contribution < 1.29 is 0 Å². The van der Waals surface area contributed by atoms with Crippen molar-refractivity contribution in [3.05, 3.63) is 9.81 Å². The molecule has 0 amide bonds. The van der Waals surface area contributed by atoms with Gasteiger partial charge in [0.05, 0.1) is 0 Å². The molecule has 6 heteroatoms. The molecule has 0 heterocycles. The van der Waals surface area contributed by atoms with E-state index in [0.717, 1.165) is 24.3 Å². The summed E-state index contributed by atoms with van der Waals surface area (Å²) in [5.41, 5.74) is 0. The Hall–Kier alpha value is -0.000000000000000167. The molecule has 0 aliphatic heterocycles. The SMILES string of the molecule is N#CC(SCCCCl)=C(C#N)SCCCCl. The number of nitriles is 2. The number of alkyl halides is 2. The van der Waals surface area contributed by atoms with Crippen molar-refractivity contribution in [2.45, 2.75) is 12.8 Å². The van der Waals surface area contributed by atoms with E-state index in [1.165, 1.54) is 23.5 Å². The first-order chi connectivity index (χ1) is 7.79. The van der Waals surface area contributed by atoms with Crippen molar-refractivity contribution in [3.8, 4) is 12.1 Å². The first-order valence-electron chi connectivity index (χ1n) is 4.72. The molecule has 0 aromatic rings. The molecule has 16 heavy (non-hydrogen) atoms. The zero-order valence-electron chi connectivity index (χ0n) is 8.71. The van der Waals surface area contributed by atoms with Crippen molar-refractivity contribution in [3.63, 3.8) is 0 Å². The maximum absolute atomic E-state index is 8.93. The maximum Gasteiger partial charge on any atom is 0.109 e. The summed E-state index contributed by atoms with van der Waals surface area (Å²) in [6.45, 7) is 0. The van der Waals surface area contributed by atoms with Crippen LogP contribution in [0.1, 0.15) is 12.8 Å². The quantitative estimate of drug-likeness (QED) is 0.386. The van der Waals surface area contributed by atoms with Crippen molar-refractivity contribution in [2.75, 3.05) is 23.3 Å². The number of hydrogen-bond acceptors (Lipinski definition) is 4. The van der Waals surface area contributed by atoms with Crippen LogP contribution in [0.3, 0.4) is 0 Å². The highest BCUT2D eigenvalue weighted by Crippen LogP contribution is 2.27. The third-order valence-electron chi connectivity index (χ3n) is 1.46. The van der Waals surface area contributed by atoms with Crippen LogP contribution in [0, 0.1) is 22.7 Å².